The summed E-state index contributed by atoms with van der Waals surface area (Å²) in [6.45, 7) is 3.80. The van der Waals surface area contributed by atoms with Gasteiger partial charge in [-0.05, 0) is 56.4 Å². The predicted molar refractivity (Wildman–Crippen MR) is 85.7 cm³/mol. The number of rotatable bonds is 4. The molecule has 4 nitrogen and oxygen atoms in total. The fourth-order valence-corrected chi connectivity index (χ4v) is 3.03. The lowest BCUT2D eigenvalue weighted by molar-refractivity contribution is -0.129. The fourth-order valence-electron chi connectivity index (χ4n) is 2.90. The molecule has 0 aromatic heterocycles. The Balaban J connectivity index is 1.98. The molecular formula is C17H21ClN2O2. The van der Waals surface area contributed by atoms with Crippen molar-refractivity contribution in [3.8, 4) is 11.8 Å². The van der Waals surface area contributed by atoms with Gasteiger partial charge < -0.3 is 10.1 Å². The summed E-state index contributed by atoms with van der Waals surface area (Å²) < 4.78 is 5.61. The molecule has 0 spiro atoms. The number of nitriles is 1. The van der Waals surface area contributed by atoms with E-state index in [9.17, 15) is 10.1 Å². The largest absolute Gasteiger partial charge is 0.481 e. The predicted octanol–water partition coefficient (Wildman–Crippen LogP) is 3.70. The minimum Gasteiger partial charge on any atom is -0.481 e. The number of amides is 1. The second kappa shape index (κ2) is 7.02. The molecule has 0 radical (unpaired) electrons. The summed E-state index contributed by atoms with van der Waals surface area (Å²) in [4.78, 5) is 12.3. The highest BCUT2D eigenvalue weighted by atomic mass is 35.5. The lowest BCUT2D eigenvalue weighted by atomic mass is 9.77. The first-order chi connectivity index (χ1) is 10.4. The van der Waals surface area contributed by atoms with Crippen LogP contribution in [-0.2, 0) is 4.79 Å². The Labute approximate surface area is 136 Å². The van der Waals surface area contributed by atoms with Crippen LogP contribution in [0.25, 0.3) is 0 Å². The van der Waals surface area contributed by atoms with E-state index in [0.717, 1.165) is 12.8 Å². The van der Waals surface area contributed by atoms with Crippen molar-refractivity contribution in [3.05, 3.63) is 29.3 Å². The molecular weight excluding hydrogens is 300 g/mol. The molecule has 3 unspecified atom stereocenters. The van der Waals surface area contributed by atoms with Crippen molar-refractivity contribution in [2.75, 3.05) is 0 Å². The van der Waals surface area contributed by atoms with Crippen LogP contribution in [0.15, 0.2) is 24.3 Å². The summed E-state index contributed by atoms with van der Waals surface area (Å²) in [5.41, 5.74) is -0.758. The average molecular weight is 321 g/mol. The molecule has 1 N–H and O–H groups in total. The summed E-state index contributed by atoms with van der Waals surface area (Å²) in [5.74, 6) is 0.766. The summed E-state index contributed by atoms with van der Waals surface area (Å²) in [7, 11) is 0. The number of carbonyl (C=O) groups is 1. The molecule has 1 aliphatic rings. The molecule has 1 fully saturated rings. The SMILES string of the molecule is CC1CCCC(C#N)(NC(=O)C(C)Oc2ccc(Cl)cc2)C1. The van der Waals surface area contributed by atoms with Crippen molar-refractivity contribution >= 4 is 17.5 Å². The number of carbonyl (C=O) groups excluding carboxylic acids is 1. The summed E-state index contributed by atoms with van der Waals surface area (Å²) in [6, 6.07) is 9.15. The number of hydrogen-bond acceptors (Lipinski definition) is 3. The van der Waals surface area contributed by atoms with E-state index in [1.807, 2.05) is 0 Å². The lowest BCUT2D eigenvalue weighted by Crippen LogP contribution is -2.53. The van der Waals surface area contributed by atoms with Crippen molar-refractivity contribution < 1.29 is 9.53 Å². The smallest absolute Gasteiger partial charge is 0.262 e. The first-order valence-electron chi connectivity index (χ1n) is 7.59. The van der Waals surface area contributed by atoms with Gasteiger partial charge in [-0.3, -0.25) is 4.79 Å². The van der Waals surface area contributed by atoms with Crippen LogP contribution in [0.3, 0.4) is 0 Å². The standard InChI is InChI=1S/C17H21ClN2O2/c1-12-4-3-9-17(10-12,11-19)20-16(21)13(2)22-15-7-5-14(18)6-8-15/h5-8,12-13H,3-4,9-10H2,1-2H3,(H,20,21). The molecule has 1 saturated carbocycles. The zero-order chi connectivity index (χ0) is 16.2. The Hall–Kier alpha value is -1.73. The van der Waals surface area contributed by atoms with Gasteiger partial charge in [-0.1, -0.05) is 24.9 Å². The normalized spacial score (nSPS) is 25.8. The second-order valence-corrected chi connectivity index (χ2v) is 6.54. The summed E-state index contributed by atoms with van der Waals surface area (Å²) in [6.07, 6.45) is 2.80. The number of halogens is 1. The molecule has 2 rings (SSSR count). The monoisotopic (exact) mass is 320 g/mol. The Morgan fingerprint density at radius 2 is 2.18 bits per heavy atom. The highest BCUT2D eigenvalue weighted by molar-refractivity contribution is 6.30. The number of ether oxygens (including phenoxy) is 1. The first-order valence-corrected chi connectivity index (χ1v) is 7.97. The molecule has 22 heavy (non-hydrogen) atoms. The Morgan fingerprint density at radius 1 is 1.50 bits per heavy atom. The molecule has 1 aromatic rings. The first kappa shape index (κ1) is 16.6. The maximum absolute atomic E-state index is 12.3. The van der Waals surface area contributed by atoms with Crippen molar-refractivity contribution in [2.45, 2.75) is 51.2 Å². The topological polar surface area (TPSA) is 62.1 Å². The quantitative estimate of drug-likeness (QED) is 0.920. The van der Waals surface area contributed by atoms with Gasteiger partial charge in [0.25, 0.3) is 5.91 Å². The van der Waals surface area contributed by atoms with E-state index < -0.39 is 11.6 Å². The van der Waals surface area contributed by atoms with Gasteiger partial charge in [0.05, 0.1) is 6.07 Å². The molecule has 1 aromatic carbocycles. The fraction of sp³-hybridized carbons (Fsp3) is 0.529. The Bertz CT molecular complexity index is 567. The van der Waals surface area contributed by atoms with Crippen LogP contribution in [0, 0.1) is 17.2 Å². The van der Waals surface area contributed by atoms with Crippen molar-refractivity contribution in [3.63, 3.8) is 0 Å². The highest BCUT2D eigenvalue weighted by Gasteiger charge is 2.37. The van der Waals surface area contributed by atoms with Gasteiger partial charge in [0.1, 0.15) is 11.3 Å². The maximum atomic E-state index is 12.3. The molecule has 5 heteroatoms. The third kappa shape index (κ3) is 4.14. The van der Waals surface area contributed by atoms with Crippen LogP contribution in [0.2, 0.25) is 5.02 Å². The minimum absolute atomic E-state index is 0.259. The van der Waals surface area contributed by atoms with Crippen LogP contribution in [-0.4, -0.2) is 17.6 Å². The van der Waals surface area contributed by atoms with Crippen LogP contribution in [0.4, 0.5) is 0 Å². The van der Waals surface area contributed by atoms with Gasteiger partial charge in [0, 0.05) is 5.02 Å². The van der Waals surface area contributed by atoms with Gasteiger partial charge in [-0.15, -0.1) is 0 Å². The lowest BCUT2D eigenvalue weighted by Gasteiger charge is -2.35. The van der Waals surface area contributed by atoms with Crippen LogP contribution in [0.1, 0.15) is 39.5 Å². The Morgan fingerprint density at radius 3 is 2.77 bits per heavy atom. The van der Waals surface area contributed by atoms with Crippen molar-refractivity contribution in [1.29, 1.82) is 5.26 Å². The number of hydrogen-bond donors (Lipinski definition) is 1. The van der Waals surface area contributed by atoms with E-state index in [1.165, 1.54) is 0 Å². The van der Waals surface area contributed by atoms with Gasteiger partial charge in [0.15, 0.2) is 6.10 Å². The summed E-state index contributed by atoms with van der Waals surface area (Å²) in [5, 5.41) is 13.0. The van der Waals surface area contributed by atoms with Crippen LogP contribution in [0.5, 0.6) is 5.75 Å². The van der Waals surface area contributed by atoms with E-state index in [1.54, 1.807) is 31.2 Å². The molecule has 0 bridgehead atoms. The van der Waals surface area contributed by atoms with Gasteiger partial charge in [0.2, 0.25) is 0 Å². The van der Waals surface area contributed by atoms with E-state index in [0.29, 0.717) is 29.5 Å². The molecule has 1 aliphatic carbocycles. The van der Waals surface area contributed by atoms with Gasteiger partial charge >= 0.3 is 0 Å². The minimum atomic E-state index is -0.758. The molecule has 0 heterocycles. The van der Waals surface area contributed by atoms with Crippen molar-refractivity contribution in [1.82, 2.24) is 5.32 Å². The average Bonchev–Trinajstić information content (AvgIpc) is 2.49. The molecule has 0 saturated heterocycles. The Kier molecular flexibility index (Phi) is 5.31. The third-order valence-corrected chi connectivity index (χ3v) is 4.32. The highest BCUT2D eigenvalue weighted by Crippen LogP contribution is 2.32. The van der Waals surface area contributed by atoms with E-state index in [2.05, 4.69) is 18.3 Å². The summed E-state index contributed by atoms with van der Waals surface area (Å²) >= 11 is 5.82. The second-order valence-electron chi connectivity index (χ2n) is 6.10. The zero-order valence-corrected chi connectivity index (χ0v) is 13.7. The van der Waals surface area contributed by atoms with E-state index in [-0.39, 0.29) is 5.91 Å². The number of nitrogens with one attached hydrogen (secondary N) is 1. The molecule has 3 atom stereocenters. The zero-order valence-electron chi connectivity index (χ0n) is 12.9. The number of benzene rings is 1. The van der Waals surface area contributed by atoms with Gasteiger partial charge in [-0.2, -0.15) is 5.26 Å². The molecule has 1 amide bonds. The molecule has 118 valence electrons. The third-order valence-electron chi connectivity index (χ3n) is 4.07. The molecule has 0 aliphatic heterocycles. The van der Waals surface area contributed by atoms with Crippen LogP contribution >= 0.6 is 11.6 Å². The van der Waals surface area contributed by atoms with E-state index >= 15 is 0 Å². The maximum Gasteiger partial charge on any atom is 0.262 e. The van der Waals surface area contributed by atoms with Crippen LogP contribution < -0.4 is 10.1 Å². The number of nitrogens with zero attached hydrogens (tertiary/aromatic N) is 1. The van der Waals surface area contributed by atoms with E-state index in [4.69, 9.17) is 16.3 Å². The van der Waals surface area contributed by atoms with Crippen molar-refractivity contribution in [2.24, 2.45) is 5.92 Å². The van der Waals surface area contributed by atoms with Gasteiger partial charge in [-0.25, -0.2) is 0 Å².